The molecule has 2 rings (SSSR count). The molecule has 1 fully saturated rings. The summed E-state index contributed by atoms with van der Waals surface area (Å²) in [4.78, 5) is 10.1. The fraction of sp³-hybridized carbons (Fsp3) is 0.538. The second-order valence-electron chi connectivity index (χ2n) is 5.26. The third-order valence-electron chi connectivity index (χ3n) is 3.86. The zero-order chi connectivity index (χ0) is 15.6. The quantitative estimate of drug-likeness (QED) is 0.519. The molecule has 0 aliphatic carbocycles. The van der Waals surface area contributed by atoms with Gasteiger partial charge in [0.2, 0.25) is 10.0 Å². The highest BCUT2D eigenvalue weighted by Gasteiger charge is 2.34. The molecule has 1 aliphatic rings. The van der Waals surface area contributed by atoms with Crippen LogP contribution in [-0.4, -0.2) is 30.7 Å². The van der Waals surface area contributed by atoms with Gasteiger partial charge in [-0.25, -0.2) is 8.42 Å². The van der Waals surface area contributed by atoms with Crippen LogP contribution < -0.4 is 5.73 Å². The Bertz CT molecular complexity index is 645. The lowest BCUT2D eigenvalue weighted by Crippen LogP contribution is -2.39. The van der Waals surface area contributed by atoms with Crippen molar-refractivity contribution in [3.8, 4) is 0 Å². The molecule has 1 aliphatic heterocycles. The van der Waals surface area contributed by atoms with Crippen LogP contribution in [0.3, 0.4) is 0 Å². The summed E-state index contributed by atoms with van der Waals surface area (Å²) in [5, 5.41) is 11.1. The van der Waals surface area contributed by atoms with Gasteiger partial charge < -0.3 is 5.73 Å². The Kier molecular flexibility index (Phi) is 4.48. The van der Waals surface area contributed by atoms with E-state index >= 15 is 0 Å². The number of nitrogen functional groups attached to an aromatic ring is 1. The summed E-state index contributed by atoms with van der Waals surface area (Å²) in [6.45, 7) is 2.84. The van der Waals surface area contributed by atoms with Gasteiger partial charge in [-0.15, -0.1) is 0 Å². The predicted octanol–water partition coefficient (Wildman–Crippen LogP) is 1.99. The number of nitrogens with two attached hydrogens (primary N) is 1. The van der Waals surface area contributed by atoms with E-state index in [0.29, 0.717) is 19.0 Å². The maximum absolute atomic E-state index is 12.7. The molecule has 1 heterocycles. The Morgan fingerprint density at radius 3 is 2.81 bits per heavy atom. The fourth-order valence-electron chi connectivity index (χ4n) is 2.61. The van der Waals surface area contributed by atoms with Gasteiger partial charge in [0.15, 0.2) is 4.90 Å². The third kappa shape index (κ3) is 3.16. The highest BCUT2D eigenvalue weighted by molar-refractivity contribution is 7.89. The van der Waals surface area contributed by atoms with Crippen LogP contribution in [0.25, 0.3) is 0 Å². The molecule has 1 saturated heterocycles. The van der Waals surface area contributed by atoms with Gasteiger partial charge >= 0.3 is 0 Å². The van der Waals surface area contributed by atoms with Crippen molar-refractivity contribution in [1.29, 1.82) is 0 Å². The van der Waals surface area contributed by atoms with Crippen molar-refractivity contribution < 1.29 is 13.3 Å². The summed E-state index contributed by atoms with van der Waals surface area (Å²) in [5.74, 6) is 0.307. The summed E-state index contributed by atoms with van der Waals surface area (Å²) < 4.78 is 26.7. The molecule has 2 N–H and O–H groups in total. The van der Waals surface area contributed by atoms with Gasteiger partial charge in [-0.3, -0.25) is 10.1 Å². The summed E-state index contributed by atoms with van der Waals surface area (Å²) >= 11 is 0. The monoisotopic (exact) mass is 313 g/mol. The summed E-state index contributed by atoms with van der Waals surface area (Å²) in [6, 6.07) is 3.69. The molecule has 0 amide bonds. The molecule has 1 aromatic carbocycles. The summed E-state index contributed by atoms with van der Waals surface area (Å²) in [5.41, 5.74) is 5.23. The number of sulfonamides is 1. The topological polar surface area (TPSA) is 107 Å². The molecular formula is C13H19N3O4S. The molecule has 0 saturated carbocycles. The van der Waals surface area contributed by atoms with Crippen molar-refractivity contribution >= 4 is 21.4 Å². The fourth-order valence-corrected chi connectivity index (χ4v) is 4.31. The second-order valence-corrected chi connectivity index (χ2v) is 7.17. The zero-order valence-corrected chi connectivity index (χ0v) is 12.7. The molecule has 0 radical (unpaired) electrons. The van der Waals surface area contributed by atoms with E-state index in [9.17, 15) is 18.5 Å². The number of hydrogen-bond donors (Lipinski definition) is 1. The first-order valence-electron chi connectivity index (χ1n) is 6.90. The minimum atomic E-state index is -3.86. The van der Waals surface area contributed by atoms with Gasteiger partial charge in [0.05, 0.1) is 4.92 Å². The first-order chi connectivity index (χ1) is 9.86. The van der Waals surface area contributed by atoms with Gasteiger partial charge in [-0.05, 0) is 30.9 Å². The number of nitro benzene ring substituents is 1. The van der Waals surface area contributed by atoms with E-state index < -0.39 is 20.6 Å². The summed E-state index contributed by atoms with van der Waals surface area (Å²) in [6.07, 6.45) is 2.67. The van der Waals surface area contributed by atoms with Crippen molar-refractivity contribution in [2.45, 2.75) is 31.1 Å². The molecule has 116 valence electrons. The minimum Gasteiger partial charge on any atom is -0.399 e. The molecule has 0 aromatic heterocycles. The van der Waals surface area contributed by atoms with Crippen LogP contribution in [-0.2, 0) is 10.0 Å². The molecule has 1 unspecified atom stereocenters. The molecule has 7 nitrogen and oxygen atoms in total. The summed E-state index contributed by atoms with van der Waals surface area (Å²) in [7, 11) is -3.86. The van der Waals surface area contributed by atoms with Crippen LogP contribution in [0.2, 0.25) is 0 Å². The van der Waals surface area contributed by atoms with Crippen LogP contribution in [0.1, 0.15) is 26.2 Å². The third-order valence-corrected chi connectivity index (χ3v) is 5.77. The average molecular weight is 313 g/mol. The number of anilines is 1. The Morgan fingerprint density at radius 1 is 1.48 bits per heavy atom. The van der Waals surface area contributed by atoms with Gasteiger partial charge in [-0.2, -0.15) is 4.31 Å². The van der Waals surface area contributed by atoms with Crippen molar-refractivity contribution in [2.75, 3.05) is 18.8 Å². The van der Waals surface area contributed by atoms with Crippen LogP contribution in [0.5, 0.6) is 0 Å². The van der Waals surface area contributed by atoms with E-state index in [1.165, 1.54) is 16.4 Å². The van der Waals surface area contributed by atoms with E-state index in [4.69, 9.17) is 5.73 Å². The zero-order valence-electron chi connectivity index (χ0n) is 11.9. The number of nitro groups is 1. The lowest BCUT2D eigenvalue weighted by molar-refractivity contribution is -0.387. The molecule has 1 atom stereocenters. The highest BCUT2D eigenvalue weighted by atomic mass is 32.2. The standard InChI is InChI=1S/C13H19N3O4S/c1-2-10-4-3-7-15(9-10)21(19,20)13-6-5-11(14)8-12(13)16(17)18/h5-6,8,10H,2-4,7,9,14H2,1H3. The molecular weight excluding hydrogens is 294 g/mol. The molecule has 0 bridgehead atoms. The molecule has 1 aromatic rings. The van der Waals surface area contributed by atoms with Gasteiger partial charge in [0.25, 0.3) is 5.69 Å². The van der Waals surface area contributed by atoms with Crippen molar-refractivity contribution in [3.63, 3.8) is 0 Å². The molecule has 0 spiro atoms. The minimum absolute atomic E-state index is 0.172. The molecule has 21 heavy (non-hydrogen) atoms. The Hall–Kier alpha value is -1.67. The number of benzene rings is 1. The van der Waals surface area contributed by atoms with E-state index in [0.717, 1.165) is 25.3 Å². The normalized spacial score (nSPS) is 20.3. The maximum Gasteiger partial charge on any atom is 0.291 e. The van der Waals surface area contributed by atoms with Crippen molar-refractivity contribution in [3.05, 3.63) is 28.3 Å². The Balaban J connectivity index is 2.42. The first-order valence-corrected chi connectivity index (χ1v) is 8.34. The van der Waals surface area contributed by atoms with Crippen molar-refractivity contribution in [2.24, 2.45) is 5.92 Å². The smallest absolute Gasteiger partial charge is 0.291 e. The van der Waals surface area contributed by atoms with Crippen molar-refractivity contribution in [1.82, 2.24) is 4.31 Å². The number of hydrogen-bond acceptors (Lipinski definition) is 5. The van der Waals surface area contributed by atoms with E-state index in [-0.39, 0.29) is 10.6 Å². The van der Waals surface area contributed by atoms with E-state index in [2.05, 4.69) is 0 Å². The highest BCUT2D eigenvalue weighted by Crippen LogP contribution is 2.31. The first kappa shape index (κ1) is 15.7. The van der Waals surface area contributed by atoms with E-state index in [1.807, 2.05) is 6.92 Å². The van der Waals surface area contributed by atoms with Gasteiger partial charge in [-0.1, -0.05) is 13.3 Å². The van der Waals surface area contributed by atoms with E-state index in [1.54, 1.807) is 0 Å². The lowest BCUT2D eigenvalue weighted by atomic mass is 9.97. The maximum atomic E-state index is 12.7. The number of piperidine rings is 1. The van der Waals surface area contributed by atoms with Crippen LogP contribution in [0.4, 0.5) is 11.4 Å². The Morgan fingerprint density at radius 2 is 2.19 bits per heavy atom. The van der Waals surface area contributed by atoms with Gasteiger partial charge in [0.1, 0.15) is 0 Å². The van der Waals surface area contributed by atoms with Gasteiger partial charge in [0, 0.05) is 24.8 Å². The average Bonchev–Trinajstić information content (AvgIpc) is 2.46. The Labute approximate surface area is 123 Å². The SMILES string of the molecule is CCC1CCCN(S(=O)(=O)c2ccc(N)cc2[N+](=O)[O-])C1. The largest absolute Gasteiger partial charge is 0.399 e. The number of nitrogens with zero attached hydrogens (tertiary/aromatic N) is 2. The second kappa shape index (κ2) is 5.98. The number of rotatable bonds is 4. The van der Waals surface area contributed by atoms with Crippen LogP contribution in [0.15, 0.2) is 23.1 Å². The van der Waals surface area contributed by atoms with Crippen LogP contribution in [0, 0.1) is 16.0 Å². The molecule has 8 heteroatoms. The predicted molar refractivity (Wildman–Crippen MR) is 79.3 cm³/mol. The van der Waals surface area contributed by atoms with Crippen LogP contribution >= 0.6 is 0 Å². The lowest BCUT2D eigenvalue weighted by Gasteiger charge is -2.31.